The summed E-state index contributed by atoms with van der Waals surface area (Å²) in [4.78, 5) is 12.1. The molecule has 7 aliphatic rings. The molecule has 92 heavy (non-hydrogen) atoms. The van der Waals surface area contributed by atoms with Gasteiger partial charge in [0.15, 0.2) is 44.0 Å². The second kappa shape index (κ2) is 34.1. The number of amides is 1. The van der Waals surface area contributed by atoms with E-state index in [1.54, 1.807) is 0 Å². The first kappa shape index (κ1) is 77.2. The lowest BCUT2D eigenvalue weighted by Crippen LogP contribution is -2.68. The molecular formula is C50H87NO41. The molecule has 42 heteroatoms. The van der Waals surface area contributed by atoms with Crippen LogP contribution in [0.25, 0.3) is 0 Å². The Hall–Kier alpha value is -2.13. The minimum atomic E-state index is -2.54. The summed E-state index contributed by atoms with van der Waals surface area (Å²) >= 11 is 0. The van der Waals surface area contributed by atoms with Crippen molar-refractivity contribution < 1.29 is 204 Å². The molecule has 0 aromatic heterocycles. The first-order valence-corrected chi connectivity index (χ1v) is 29.1. The summed E-state index contributed by atoms with van der Waals surface area (Å²) in [5.41, 5.74) is 0. The Morgan fingerprint density at radius 2 is 0.652 bits per heavy atom. The normalized spacial score (nSPS) is 48.5. The fraction of sp³-hybridized carbons (Fsp3) is 0.980. The highest BCUT2D eigenvalue weighted by Gasteiger charge is 2.59. The molecule has 0 unspecified atom stereocenters. The van der Waals surface area contributed by atoms with Crippen LogP contribution in [-0.4, -0.2) is 437 Å². The van der Waals surface area contributed by atoms with E-state index in [1.807, 2.05) is 0 Å². The van der Waals surface area contributed by atoms with Gasteiger partial charge < -0.3 is 204 Å². The fourth-order valence-electron chi connectivity index (χ4n) is 11.2. The number of ether oxygens (including phenoxy) is 14. The van der Waals surface area contributed by atoms with E-state index in [-0.39, 0.29) is 0 Å². The van der Waals surface area contributed by atoms with E-state index >= 15 is 0 Å². The maximum absolute atomic E-state index is 12.3. The van der Waals surface area contributed by atoms with E-state index in [0.29, 0.717) is 0 Å². The Bertz CT molecular complexity index is 2210. The number of carbonyl (C=O) groups excluding carboxylic acids is 1. The zero-order chi connectivity index (χ0) is 68.1. The van der Waals surface area contributed by atoms with Crippen LogP contribution in [-0.2, 0) is 71.1 Å². The molecule has 7 aliphatic heterocycles. The van der Waals surface area contributed by atoms with Gasteiger partial charge in [-0.25, -0.2) is 0 Å². The summed E-state index contributed by atoms with van der Waals surface area (Å²) in [5.74, 6) is -0.855. The monoisotopic (exact) mass is 1360 g/mol. The van der Waals surface area contributed by atoms with Gasteiger partial charge in [-0.3, -0.25) is 4.79 Å². The summed E-state index contributed by atoms with van der Waals surface area (Å²) < 4.78 is 80.2. The lowest BCUT2D eigenvalue weighted by Gasteiger charge is -2.50. The number of aliphatic hydroxyl groups is 26. The van der Waals surface area contributed by atoms with Crippen LogP contribution in [0.3, 0.4) is 0 Å². The van der Waals surface area contributed by atoms with Crippen LogP contribution >= 0.6 is 0 Å². The van der Waals surface area contributed by atoms with E-state index < -0.39 is 305 Å². The molecule has 0 aromatic rings. The van der Waals surface area contributed by atoms with Gasteiger partial charge in [0, 0.05) is 6.92 Å². The fourth-order valence-corrected chi connectivity index (χ4v) is 11.2. The Balaban J connectivity index is 1.23. The van der Waals surface area contributed by atoms with Crippen LogP contribution in [0.5, 0.6) is 0 Å². The van der Waals surface area contributed by atoms with Crippen molar-refractivity contribution >= 4 is 5.91 Å². The molecule has 0 aliphatic carbocycles. The van der Waals surface area contributed by atoms with Crippen molar-refractivity contribution in [3.05, 3.63) is 0 Å². The molecule has 7 saturated heterocycles. The molecule has 538 valence electrons. The van der Waals surface area contributed by atoms with Gasteiger partial charge in [-0.05, 0) is 0 Å². The highest BCUT2D eigenvalue weighted by Crippen LogP contribution is 2.38. The Labute approximate surface area is 520 Å². The highest BCUT2D eigenvalue weighted by molar-refractivity contribution is 5.73. The number of nitrogens with one attached hydrogen (secondary N) is 1. The molecule has 0 aromatic carbocycles. The van der Waals surface area contributed by atoms with Crippen LogP contribution in [0.2, 0.25) is 0 Å². The quantitative estimate of drug-likeness (QED) is 0.0363. The standard InChI is InChI=1S/C50H87NO41/c1-11(59)51-12(2-52)21(61)39(13(60)3-53)88-48-38(78)41(90-49-43(33(73)26(66)17(7-57)84-49)92-50-42(32(72)25(65)18(8-58)85-50)91-47-36(76)31(71)24(64)16(6-56)83-47)28(68)20(87-48)10-80-45-37(77)40(89-46-35(75)30(70)23(63)15(5-55)82-46)27(67)19(86-45)9-79-44-34(74)29(69)22(62)14(4-54)81-44/h12-50,52-58,60-78H,2-10H2,1H3,(H,51,59)/t12-,13+,14+,15+,16+,17+,18+,19+,20+,21+,22+,23+,24+,25+,26+,27+,28+,29-,30-,31-,32-,33-,34-,35-,36-,37-,38-,39+,40-,41-,42-,43-,44-,45-,46+,47+,48-,49+,50+/m0/s1. The average molecular weight is 1360 g/mol. The third kappa shape index (κ3) is 16.9. The van der Waals surface area contributed by atoms with E-state index in [2.05, 4.69) is 5.32 Å². The van der Waals surface area contributed by atoms with E-state index in [0.717, 1.165) is 6.92 Å². The smallest absolute Gasteiger partial charge is 0.217 e. The van der Waals surface area contributed by atoms with Crippen LogP contribution < -0.4 is 5.32 Å². The van der Waals surface area contributed by atoms with Crippen molar-refractivity contribution in [2.24, 2.45) is 0 Å². The third-order valence-corrected chi connectivity index (χ3v) is 16.7. The second-order valence-electron chi connectivity index (χ2n) is 23.0. The van der Waals surface area contributed by atoms with Crippen LogP contribution in [0, 0.1) is 0 Å². The SMILES string of the molecule is CC(=O)N[C@@H](CO)[C@@H](O)[C@H](O[C@@H]1O[C@H](CO[C@H]2O[C@H](CO[C@H]3O[C@H](CO)[C@@H](O)[C@H](O)[C@@H]3O)[C@@H](O)[C@H](O[C@H]3O[C@H](CO)[C@@H](O)[C@H](O)[C@@H]3O)[C@@H]2O)[C@@H](O)[C@H](O[C@H]2O[C@H](CO)[C@@H](O)[C@H](O)[C@@H]2O[C@H]2O[C@H](CO)[C@@H](O)[C@H](O)[C@@H]2O[C@H]2O[C@H](CO)[C@@H](O)[C@H](O)[C@@H]2O)[C@@H]1O)[C@H](O)CO. The summed E-state index contributed by atoms with van der Waals surface area (Å²) in [6.07, 6.45) is -80.5. The maximum Gasteiger partial charge on any atom is 0.217 e. The molecule has 0 radical (unpaired) electrons. The molecule has 0 spiro atoms. The van der Waals surface area contributed by atoms with E-state index in [4.69, 9.17) is 66.3 Å². The van der Waals surface area contributed by atoms with Crippen molar-refractivity contribution in [1.82, 2.24) is 5.32 Å². The number of hydrogen-bond acceptors (Lipinski definition) is 41. The summed E-state index contributed by atoms with van der Waals surface area (Å²) in [7, 11) is 0. The third-order valence-electron chi connectivity index (χ3n) is 16.7. The van der Waals surface area contributed by atoms with Crippen LogP contribution in [0.4, 0.5) is 0 Å². The predicted octanol–water partition coefficient (Wildman–Crippen LogP) is -18.7. The average Bonchev–Trinajstić information content (AvgIpc) is 0.784. The van der Waals surface area contributed by atoms with Crippen molar-refractivity contribution in [2.45, 2.75) is 246 Å². The second-order valence-corrected chi connectivity index (χ2v) is 23.0. The van der Waals surface area contributed by atoms with Gasteiger partial charge in [-0.1, -0.05) is 0 Å². The molecule has 0 bridgehead atoms. The Morgan fingerprint density at radius 1 is 0.348 bits per heavy atom. The molecule has 42 nitrogen and oxygen atoms in total. The topological polar surface area (TPSA) is 684 Å². The lowest BCUT2D eigenvalue weighted by atomic mass is 9.95. The van der Waals surface area contributed by atoms with Crippen molar-refractivity contribution in [2.75, 3.05) is 59.5 Å². The van der Waals surface area contributed by atoms with Gasteiger partial charge in [-0.2, -0.15) is 0 Å². The number of carbonyl (C=O) groups is 1. The van der Waals surface area contributed by atoms with Gasteiger partial charge in [0.1, 0.15) is 189 Å². The van der Waals surface area contributed by atoms with E-state index in [1.165, 1.54) is 0 Å². The molecular weight excluding hydrogens is 1270 g/mol. The molecule has 7 fully saturated rings. The molecule has 0 saturated carbocycles. The van der Waals surface area contributed by atoms with E-state index in [9.17, 15) is 138 Å². The molecule has 1 amide bonds. The highest BCUT2D eigenvalue weighted by atomic mass is 16.8. The molecule has 7 rings (SSSR count). The largest absolute Gasteiger partial charge is 0.394 e. The van der Waals surface area contributed by atoms with Crippen molar-refractivity contribution in [3.8, 4) is 0 Å². The van der Waals surface area contributed by atoms with Crippen LogP contribution in [0.1, 0.15) is 6.92 Å². The Morgan fingerprint density at radius 3 is 1.03 bits per heavy atom. The number of rotatable bonds is 27. The summed E-state index contributed by atoms with van der Waals surface area (Å²) in [5, 5.41) is 283. The van der Waals surface area contributed by atoms with Crippen LogP contribution in [0.15, 0.2) is 0 Å². The first-order valence-electron chi connectivity index (χ1n) is 29.1. The predicted molar refractivity (Wildman–Crippen MR) is 278 cm³/mol. The minimum absolute atomic E-state index is 0.855. The van der Waals surface area contributed by atoms with Gasteiger partial charge >= 0.3 is 0 Å². The van der Waals surface area contributed by atoms with Crippen molar-refractivity contribution in [1.29, 1.82) is 0 Å². The van der Waals surface area contributed by atoms with Gasteiger partial charge in [0.05, 0.1) is 65.5 Å². The van der Waals surface area contributed by atoms with Gasteiger partial charge in [0.2, 0.25) is 5.91 Å². The molecule has 27 N–H and O–H groups in total. The zero-order valence-electron chi connectivity index (χ0n) is 48.6. The lowest BCUT2D eigenvalue weighted by molar-refractivity contribution is -0.406. The van der Waals surface area contributed by atoms with Gasteiger partial charge in [-0.15, -0.1) is 0 Å². The zero-order valence-corrected chi connectivity index (χ0v) is 48.6. The number of hydrogen-bond donors (Lipinski definition) is 27. The minimum Gasteiger partial charge on any atom is -0.394 e. The van der Waals surface area contributed by atoms with Crippen molar-refractivity contribution in [3.63, 3.8) is 0 Å². The first-order chi connectivity index (χ1) is 43.5. The van der Waals surface area contributed by atoms with Gasteiger partial charge in [0.25, 0.3) is 0 Å². The summed E-state index contributed by atoms with van der Waals surface area (Å²) in [6.45, 7) is -8.67. The Kier molecular flexibility index (Phi) is 28.6. The maximum atomic E-state index is 12.3. The summed E-state index contributed by atoms with van der Waals surface area (Å²) in [6, 6.07) is -1.72. The molecule has 39 atom stereocenters. The number of aliphatic hydroxyl groups excluding tert-OH is 26. The molecule has 7 heterocycles.